The number of nitrogens with zero attached hydrogens (tertiary/aromatic N) is 4. The molecule has 0 aliphatic heterocycles. The summed E-state index contributed by atoms with van der Waals surface area (Å²) in [4.78, 5) is 13.7. The SMILES string of the molecule is CCCCOc1nc(-c2cccnc2)nc2c1sc(=S)n2-c1ccccc1. The summed E-state index contributed by atoms with van der Waals surface area (Å²) in [6, 6.07) is 13.8. The lowest BCUT2D eigenvalue weighted by molar-refractivity contribution is 0.302. The number of fused-ring (bicyclic) bond motifs is 1. The maximum Gasteiger partial charge on any atom is 0.237 e. The van der Waals surface area contributed by atoms with Gasteiger partial charge in [-0.1, -0.05) is 42.9 Å². The molecule has 0 radical (unpaired) electrons. The van der Waals surface area contributed by atoms with Crippen molar-refractivity contribution < 1.29 is 4.74 Å². The topological polar surface area (TPSA) is 52.8 Å². The van der Waals surface area contributed by atoms with E-state index in [2.05, 4.69) is 16.9 Å². The van der Waals surface area contributed by atoms with Gasteiger partial charge in [0.1, 0.15) is 4.70 Å². The molecule has 4 rings (SSSR count). The summed E-state index contributed by atoms with van der Waals surface area (Å²) >= 11 is 7.11. The molecule has 0 amide bonds. The summed E-state index contributed by atoms with van der Waals surface area (Å²) in [5, 5.41) is 0. The Labute approximate surface area is 166 Å². The standard InChI is InChI=1S/C20H18N4OS2/c1-2-3-12-25-19-16-18(22-17(23-19)14-8-7-11-21-13-14)24(20(26)27-16)15-9-5-4-6-10-15/h4-11,13H,2-3,12H2,1H3. The predicted molar refractivity (Wildman–Crippen MR) is 111 cm³/mol. The van der Waals surface area contributed by atoms with E-state index in [1.807, 2.05) is 47.0 Å². The van der Waals surface area contributed by atoms with Gasteiger partial charge in [-0.25, -0.2) is 4.98 Å². The third-order valence-electron chi connectivity index (χ3n) is 4.07. The highest BCUT2D eigenvalue weighted by Crippen LogP contribution is 2.33. The number of unbranched alkanes of at least 4 members (excludes halogenated alkanes) is 1. The van der Waals surface area contributed by atoms with Crippen LogP contribution in [-0.2, 0) is 0 Å². The molecule has 0 N–H and O–H groups in total. The molecule has 0 bridgehead atoms. The van der Waals surface area contributed by atoms with Crippen LogP contribution in [0, 0.1) is 3.95 Å². The van der Waals surface area contributed by atoms with Crippen molar-refractivity contribution in [3.05, 3.63) is 58.8 Å². The Hall–Kier alpha value is -2.64. The number of para-hydroxylation sites is 1. The molecule has 0 fully saturated rings. The lowest BCUT2D eigenvalue weighted by Gasteiger charge is -2.09. The molecular weight excluding hydrogens is 376 g/mol. The van der Waals surface area contributed by atoms with Gasteiger partial charge in [0, 0.05) is 23.6 Å². The zero-order valence-electron chi connectivity index (χ0n) is 14.8. The first-order valence-electron chi connectivity index (χ1n) is 8.80. The first-order valence-corrected chi connectivity index (χ1v) is 10.0. The molecule has 0 unspecified atom stereocenters. The summed E-state index contributed by atoms with van der Waals surface area (Å²) < 4.78 is 9.57. The molecule has 0 aliphatic carbocycles. The second-order valence-electron chi connectivity index (χ2n) is 5.99. The van der Waals surface area contributed by atoms with Crippen LogP contribution in [0.15, 0.2) is 54.9 Å². The Bertz CT molecular complexity index is 1110. The Kier molecular flexibility index (Phi) is 5.22. The van der Waals surface area contributed by atoms with Crippen molar-refractivity contribution in [2.24, 2.45) is 0 Å². The third-order valence-corrected chi connectivity index (χ3v) is 5.42. The molecular formula is C20H18N4OS2. The number of rotatable bonds is 6. The second-order valence-corrected chi connectivity index (χ2v) is 7.63. The van der Waals surface area contributed by atoms with Gasteiger partial charge in [-0.05, 0) is 42.9 Å². The largest absolute Gasteiger partial charge is 0.477 e. The first-order chi connectivity index (χ1) is 13.3. The number of pyridine rings is 1. The van der Waals surface area contributed by atoms with Crippen LogP contribution < -0.4 is 4.74 Å². The van der Waals surface area contributed by atoms with Crippen LogP contribution in [0.3, 0.4) is 0 Å². The van der Waals surface area contributed by atoms with Crippen molar-refractivity contribution in [2.75, 3.05) is 6.61 Å². The van der Waals surface area contributed by atoms with E-state index in [9.17, 15) is 0 Å². The zero-order chi connectivity index (χ0) is 18.6. The van der Waals surface area contributed by atoms with E-state index < -0.39 is 0 Å². The van der Waals surface area contributed by atoms with Gasteiger partial charge in [0.05, 0.1) is 6.61 Å². The van der Waals surface area contributed by atoms with Crippen molar-refractivity contribution in [2.45, 2.75) is 19.8 Å². The Morgan fingerprint density at radius 1 is 1.11 bits per heavy atom. The average molecular weight is 395 g/mol. The number of hydrogen-bond acceptors (Lipinski definition) is 6. The number of aromatic nitrogens is 4. The molecule has 27 heavy (non-hydrogen) atoms. The minimum absolute atomic E-state index is 0.582. The number of thiazole rings is 1. The fourth-order valence-corrected chi connectivity index (χ4v) is 4.04. The van der Waals surface area contributed by atoms with Crippen molar-refractivity contribution in [3.8, 4) is 23.0 Å². The summed E-state index contributed by atoms with van der Waals surface area (Å²) in [6.07, 6.45) is 5.52. The van der Waals surface area contributed by atoms with E-state index in [1.165, 1.54) is 11.3 Å². The Morgan fingerprint density at radius 3 is 2.70 bits per heavy atom. The number of ether oxygens (including phenoxy) is 1. The lowest BCUT2D eigenvalue weighted by atomic mass is 10.2. The summed E-state index contributed by atoms with van der Waals surface area (Å²) in [7, 11) is 0. The van der Waals surface area contributed by atoms with Gasteiger partial charge in [0.15, 0.2) is 15.4 Å². The molecule has 0 aliphatic rings. The van der Waals surface area contributed by atoms with Crippen LogP contribution in [0.25, 0.3) is 27.4 Å². The molecule has 0 spiro atoms. The third kappa shape index (κ3) is 3.61. The smallest absolute Gasteiger partial charge is 0.237 e. The van der Waals surface area contributed by atoms with Crippen LogP contribution in [0.2, 0.25) is 0 Å². The lowest BCUT2D eigenvalue weighted by Crippen LogP contribution is -2.03. The minimum Gasteiger partial charge on any atom is -0.477 e. The van der Waals surface area contributed by atoms with Crippen LogP contribution in [0.4, 0.5) is 0 Å². The summed E-state index contributed by atoms with van der Waals surface area (Å²) in [6.45, 7) is 2.75. The van der Waals surface area contributed by atoms with Gasteiger partial charge < -0.3 is 4.74 Å². The molecule has 0 saturated heterocycles. The molecule has 0 saturated carbocycles. The molecule has 7 heteroatoms. The van der Waals surface area contributed by atoms with Gasteiger partial charge >= 0.3 is 0 Å². The van der Waals surface area contributed by atoms with E-state index in [1.54, 1.807) is 12.4 Å². The highest BCUT2D eigenvalue weighted by Gasteiger charge is 2.17. The molecule has 3 heterocycles. The van der Waals surface area contributed by atoms with Crippen molar-refractivity contribution >= 4 is 33.9 Å². The Balaban J connectivity index is 1.94. The first kappa shape index (κ1) is 17.8. The number of benzene rings is 1. The minimum atomic E-state index is 0.582. The van der Waals surface area contributed by atoms with E-state index in [0.29, 0.717) is 22.3 Å². The zero-order valence-corrected chi connectivity index (χ0v) is 16.5. The molecule has 1 aromatic carbocycles. The van der Waals surface area contributed by atoms with Gasteiger partial charge in [0.25, 0.3) is 0 Å². The normalized spacial score (nSPS) is 11.0. The highest BCUT2D eigenvalue weighted by molar-refractivity contribution is 7.73. The van der Waals surface area contributed by atoms with Gasteiger partial charge in [0.2, 0.25) is 5.88 Å². The maximum atomic E-state index is 6.01. The van der Waals surface area contributed by atoms with Gasteiger partial charge in [-0.15, -0.1) is 0 Å². The molecule has 3 aromatic heterocycles. The van der Waals surface area contributed by atoms with Crippen LogP contribution in [0.1, 0.15) is 19.8 Å². The second kappa shape index (κ2) is 7.94. The van der Waals surface area contributed by atoms with Crippen molar-refractivity contribution in [1.29, 1.82) is 0 Å². The Morgan fingerprint density at radius 2 is 1.96 bits per heavy atom. The summed E-state index contributed by atoms with van der Waals surface area (Å²) in [5.41, 5.74) is 2.58. The van der Waals surface area contributed by atoms with Crippen molar-refractivity contribution in [3.63, 3.8) is 0 Å². The fourth-order valence-electron chi connectivity index (χ4n) is 2.72. The predicted octanol–water partition coefficient (Wildman–Crippen LogP) is 5.45. The average Bonchev–Trinajstić information content (AvgIpc) is 3.05. The number of hydrogen-bond donors (Lipinski definition) is 0. The quantitative estimate of drug-likeness (QED) is 0.321. The van der Waals surface area contributed by atoms with E-state index in [4.69, 9.17) is 21.9 Å². The van der Waals surface area contributed by atoms with E-state index in [0.717, 1.165) is 34.4 Å². The van der Waals surface area contributed by atoms with Crippen molar-refractivity contribution in [1.82, 2.24) is 19.5 Å². The molecule has 4 aromatic rings. The van der Waals surface area contributed by atoms with Crippen LogP contribution in [0.5, 0.6) is 5.88 Å². The molecule has 5 nitrogen and oxygen atoms in total. The van der Waals surface area contributed by atoms with Gasteiger partial charge in [-0.3, -0.25) is 9.55 Å². The maximum absolute atomic E-state index is 6.01. The molecule has 136 valence electrons. The highest BCUT2D eigenvalue weighted by atomic mass is 32.1. The van der Waals surface area contributed by atoms with Crippen LogP contribution in [-0.4, -0.2) is 26.1 Å². The fraction of sp³-hybridized carbons (Fsp3) is 0.200. The van der Waals surface area contributed by atoms with E-state index >= 15 is 0 Å². The summed E-state index contributed by atoms with van der Waals surface area (Å²) in [5.74, 6) is 1.16. The molecule has 0 atom stereocenters. The van der Waals surface area contributed by atoms with Gasteiger partial charge in [-0.2, -0.15) is 4.98 Å². The van der Waals surface area contributed by atoms with E-state index in [-0.39, 0.29) is 0 Å². The monoisotopic (exact) mass is 394 g/mol. The van der Waals surface area contributed by atoms with Crippen LogP contribution >= 0.6 is 23.6 Å².